The van der Waals surface area contributed by atoms with E-state index in [-0.39, 0.29) is 24.6 Å². The number of benzene rings is 1. The predicted molar refractivity (Wildman–Crippen MR) is 68.5 cm³/mol. The molecule has 1 aromatic carbocycles. The van der Waals surface area contributed by atoms with Crippen molar-refractivity contribution in [3.8, 4) is 0 Å². The van der Waals surface area contributed by atoms with Gasteiger partial charge in [-0.3, -0.25) is 9.59 Å². The molecule has 0 fully saturated rings. The first-order valence-electron chi connectivity index (χ1n) is 5.33. The number of esters is 1. The average molecular weight is 252 g/mol. The fourth-order valence-corrected chi connectivity index (χ4v) is 2.09. The van der Waals surface area contributed by atoms with Crippen molar-refractivity contribution in [1.82, 2.24) is 0 Å². The van der Waals surface area contributed by atoms with Crippen molar-refractivity contribution >= 4 is 23.5 Å². The molecule has 0 aromatic heterocycles. The van der Waals surface area contributed by atoms with Gasteiger partial charge in [-0.25, -0.2) is 0 Å². The van der Waals surface area contributed by atoms with Crippen molar-refractivity contribution in [3.63, 3.8) is 0 Å². The summed E-state index contributed by atoms with van der Waals surface area (Å²) in [5, 5.41) is 0. The van der Waals surface area contributed by atoms with Gasteiger partial charge in [0.15, 0.2) is 5.78 Å². The number of ether oxygens (including phenoxy) is 1. The molecule has 0 amide bonds. The molecule has 0 spiro atoms. The number of aryl methyl sites for hydroxylation is 1. The van der Waals surface area contributed by atoms with Crippen molar-refractivity contribution < 1.29 is 14.3 Å². The van der Waals surface area contributed by atoms with E-state index < -0.39 is 0 Å². The average Bonchev–Trinajstić information content (AvgIpc) is 2.35. The van der Waals surface area contributed by atoms with E-state index in [2.05, 4.69) is 4.74 Å². The van der Waals surface area contributed by atoms with Gasteiger partial charge in [-0.2, -0.15) is 0 Å². The molecule has 0 radical (unpaired) electrons. The zero-order chi connectivity index (χ0) is 12.8. The summed E-state index contributed by atoms with van der Waals surface area (Å²) in [5.41, 5.74) is 1.74. The van der Waals surface area contributed by atoms with Gasteiger partial charge in [0.1, 0.15) is 0 Å². The molecule has 0 bridgehead atoms. The third-order valence-electron chi connectivity index (χ3n) is 2.44. The largest absolute Gasteiger partial charge is 0.469 e. The molecular formula is C13H16O3S. The van der Waals surface area contributed by atoms with E-state index in [1.165, 1.54) is 18.9 Å². The minimum atomic E-state index is -0.350. The number of carbonyl (C=O) groups is 2. The molecule has 92 valence electrons. The smallest absolute Gasteiger partial charge is 0.305 e. The van der Waals surface area contributed by atoms with Gasteiger partial charge in [0, 0.05) is 16.9 Å². The second-order valence-corrected chi connectivity index (χ2v) is 4.55. The normalized spacial score (nSPS) is 10.1. The highest BCUT2D eigenvalue weighted by molar-refractivity contribution is 7.98. The maximum atomic E-state index is 12.0. The maximum Gasteiger partial charge on any atom is 0.305 e. The summed E-state index contributed by atoms with van der Waals surface area (Å²) in [6.07, 6.45) is 2.27. The molecule has 17 heavy (non-hydrogen) atoms. The fraction of sp³-hybridized carbons (Fsp3) is 0.385. The second-order valence-electron chi connectivity index (χ2n) is 3.70. The van der Waals surface area contributed by atoms with Crippen LogP contribution in [0.1, 0.15) is 28.8 Å². The van der Waals surface area contributed by atoms with Gasteiger partial charge in [-0.1, -0.05) is 11.6 Å². The van der Waals surface area contributed by atoms with Gasteiger partial charge in [-0.15, -0.1) is 11.8 Å². The quantitative estimate of drug-likeness (QED) is 0.459. The first kappa shape index (κ1) is 13.8. The summed E-state index contributed by atoms with van der Waals surface area (Å²) in [5.74, 6) is -0.361. The Morgan fingerprint density at radius 1 is 1.29 bits per heavy atom. The van der Waals surface area contributed by atoms with E-state index in [0.29, 0.717) is 5.56 Å². The molecule has 1 aromatic rings. The summed E-state index contributed by atoms with van der Waals surface area (Å²) >= 11 is 1.54. The first-order chi connectivity index (χ1) is 8.08. The molecule has 0 saturated carbocycles. The van der Waals surface area contributed by atoms with Crippen LogP contribution >= 0.6 is 11.8 Å². The monoisotopic (exact) mass is 252 g/mol. The Morgan fingerprint density at radius 3 is 2.59 bits per heavy atom. The molecule has 0 aliphatic carbocycles. The summed E-state index contributed by atoms with van der Waals surface area (Å²) in [7, 11) is 1.33. The Bertz CT molecular complexity index is 427. The van der Waals surface area contributed by atoms with Crippen LogP contribution < -0.4 is 0 Å². The van der Waals surface area contributed by atoms with Gasteiger partial charge in [0.05, 0.1) is 13.5 Å². The van der Waals surface area contributed by atoms with Crippen molar-refractivity contribution in [1.29, 1.82) is 0 Å². The number of hydrogen-bond donors (Lipinski definition) is 0. The third kappa shape index (κ3) is 3.89. The van der Waals surface area contributed by atoms with Crippen molar-refractivity contribution in [2.45, 2.75) is 24.7 Å². The molecule has 0 heterocycles. The lowest BCUT2D eigenvalue weighted by molar-refractivity contribution is -0.140. The molecular weight excluding hydrogens is 236 g/mol. The minimum absolute atomic E-state index is 0.0107. The number of ketones is 1. The number of rotatable bonds is 5. The standard InChI is InChI=1S/C13H16O3S/c1-9-4-6-12(17-3)10(8-9)11(14)5-7-13(15)16-2/h4,6,8H,5,7H2,1-3H3. The van der Waals surface area contributed by atoms with E-state index in [9.17, 15) is 9.59 Å². The number of Topliss-reactive ketones (excluding diaryl/α,β-unsaturated/α-hetero) is 1. The Labute approximate surface area is 106 Å². The van der Waals surface area contributed by atoms with Crippen LogP contribution in [0.4, 0.5) is 0 Å². The number of methoxy groups -OCH3 is 1. The van der Waals surface area contributed by atoms with E-state index >= 15 is 0 Å². The Kier molecular flexibility index (Phi) is 5.22. The molecule has 0 unspecified atom stereocenters. The molecule has 1 rings (SSSR count). The predicted octanol–water partition coefficient (Wildman–Crippen LogP) is 2.85. The van der Waals surface area contributed by atoms with Gasteiger partial charge in [-0.05, 0) is 25.3 Å². The summed E-state index contributed by atoms with van der Waals surface area (Å²) in [6, 6.07) is 5.78. The Hall–Kier alpha value is -1.29. The van der Waals surface area contributed by atoms with Gasteiger partial charge < -0.3 is 4.74 Å². The zero-order valence-electron chi connectivity index (χ0n) is 10.3. The molecule has 4 heteroatoms. The van der Waals surface area contributed by atoms with Gasteiger partial charge in [0.2, 0.25) is 0 Å². The maximum absolute atomic E-state index is 12.0. The summed E-state index contributed by atoms with van der Waals surface area (Å²) in [6.45, 7) is 1.95. The highest BCUT2D eigenvalue weighted by Crippen LogP contribution is 2.23. The van der Waals surface area contributed by atoms with Crippen LogP contribution in [-0.2, 0) is 9.53 Å². The van der Waals surface area contributed by atoms with Gasteiger partial charge >= 0.3 is 5.97 Å². The van der Waals surface area contributed by atoms with Crippen molar-refractivity contribution in [2.75, 3.05) is 13.4 Å². The molecule has 3 nitrogen and oxygen atoms in total. The van der Waals surface area contributed by atoms with Crippen molar-refractivity contribution in [2.24, 2.45) is 0 Å². The van der Waals surface area contributed by atoms with E-state index in [4.69, 9.17) is 0 Å². The van der Waals surface area contributed by atoms with E-state index in [0.717, 1.165) is 10.5 Å². The van der Waals surface area contributed by atoms with Gasteiger partial charge in [0.25, 0.3) is 0 Å². The summed E-state index contributed by atoms with van der Waals surface area (Å²) in [4.78, 5) is 23.9. The third-order valence-corrected chi connectivity index (χ3v) is 3.24. The van der Waals surface area contributed by atoms with Crippen molar-refractivity contribution in [3.05, 3.63) is 29.3 Å². The molecule has 0 saturated heterocycles. The highest BCUT2D eigenvalue weighted by Gasteiger charge is 2.13. The topological polar surface area (TPSA) is 43.4 Å². The summed E-state index contributed by atoms with van der Waals surface area (Å²) < 4.78 is 4.52. The number of thioether (sulfide) groups is 1. The van der Waals surface area contributed by atoms with Crippen LogP contribution in [0.15, 0.2) is 23.1 Å². The van der Waals surface area contributed by atoms with Crippen LogP contribution in [-0.4, -0.2) is 25.1 Å². The second kappa shape index (κ2) is 6.45. The zero-order valence-corrected chi connectivity index (χ0v) is 11.1. The fourth-order valence-electron chi connectivity index (χ4n) is 1.49. The Balaban J connectivity index is 2.80. The van der Waals surface area contributed by atoms with E-state index in [1.54, 1.807) is 0 Å². The number of hydrogen-bond acceptors (Lipinski definition) is 4. The highest BCUT2D eigenvalue weighted by atomic mass is 32.2. The van der Waals surface area contributed by atoms with Crippen LogP contribution in [0.3, 0.4) is 0 Å². The van der Waals surface area contributed by atoms with Crippen LogP contribution in [0.5, 0.6) is 0 Å². The van der Waals surface area contributed by atoms with Crippen LogP contribution in [0.2, 0.25) is 0 Å². The lowest BCUT2D eigenvalue weighted by Gasteiger charge is -2.07. The lowest BCUT2D eigenvalue weighted by atomic mass is 10.0. The minimum Gasteiger partial charge on any atom is -0.469 e. The lowest BCUT2D eigenvalue weighted by Crippen LogP contribution is -2.07. The first-order valence-corrected chi connectivity index (χ1v) is 6.55. The molecule has 0 N–H and O–H groups in total. The van der Waals surface area contributed by atoms with Crippen LogP contribution in [0, 0.1) is 6.92 Å². The molecule has 0 atom stereocenters. The van der Waals surface area contributed by atoms with Crippen LogP contribution in [0.25, 0.3) is 0 Å². The molecule has 0 aliphatic heterocycles. The SMILES string of the molecule is COC(=O)CCC(=O)c1cc(C)ccc1SC. The molecule has 0 aliphatic rings. The Morgan fingerprint density at radius 2 is 2.00 bits per heavy atom. The number of carbonyl (C=O) groups excluding carboxylic acids is 2. The van der Waals surface area contributed by atoms with E-state index in [1.807, 2.05) is 31.4 Å².